The molecule has 2 aliphatic rings. The first kappa shape index (κ1) is 11.7. The summed E-state index contributed by atoms with van der Waals surface area (Å²) in [7, 11) is 0. The van der Waals surface area contributed by atoms with Crippen molar-refractivity contribution in [3.63, 3.8) is 0 Å². The molecule has 0 N–H and O–H groups in total. The first-order valence-corrected chi connectivity index (χ1v) is 6.30. The van der Waals surface area contributed by atoms with E-state index in [2.05, 4.69) is 5.92 Å². The first-order chi connectivity index (χ1) is 8.33. The molecule has 2 saturated carbocycles. The van der Waals surface area contributed by atoms with Crippen molar-refractivity contribution >= 4 is 0 Å². The number of nitriles is 1. The van der Waals surface area contributed by atoms with Crippen LogP contribution in [-0.4, -0.2) is 0 Å². The van der Waals surface area contributed by atoms with E-state index >= 15 is 0 Å². The number of nitrogens with zero attached hydrogens (tertiary/aromatic N) is 1. The number of terminal acetylenes is 1. The highest BCUT2D eigenvalue weighted by molar-refractivity contribution is 5.40. The third-order valence-electron chi connectivity index (χ3n) is 3.88. The molecular formula is C16H17N. The maximum absolute atomic E-state index is 8.44. The van der Waals surface area contributed by atoms with E-state index in [4.69, 9.17) is 11.7 Å². The van der Waals surface area contributed by atoms with Crippen molar-refractivity contribution in [2.24, 2.45) is 11.8 Å². The summed E-state index contributed by atoms with van der Waals surface area (Å²) in [5, 5.41) is 8.44. The zero-order valence-electron chi connectivity index (χ0n) is 10.0. The third kappa shape index (κ3) is 2.89. The Labute approximate surface area is 103 Å². The lowest BCUT2D eigenvalue weighted by molar-refractivity contribution is 0.219. The van der Waals surface area contributed by atoms with Gasteiger partial charge >= 0.3 is 0 Å². The Morgan fingerprint density at radius 3 is 2.18 bits per heavy atom. The number of benzene rings is 1. The second-order valence-electron chi connectivity index (χ2n) is 4.87. The fourth-order valence-electron chi connectivity index (χ4n) is 2.72. The van der Waals surface area contributed by atoms with Crippen molar-refractivity contribution in [3.05, 3.63) is 35.4 Å². The zero-order chi connectivity index (χ0) is 12.1. The Kier molecular flexibility index (Phi) is 3.84. The van der Waals surface area contributed by atoms with Crippen LogP contribution in [0, 0.1) is 35.5 Å². The molecule has 0 aromatic heterocycles. The highest BCUT2D eigenvalue weighted by Gasteiger charge is 2.34. The minimum atomic E-state index is 0.607. The van der Waals surface area contributed by atoms with Gasteiger partial charge in [-0.25, -0.2) is 0 Å². The van der Waals surface area contributed by atoms with Crippen LogP contribution in [0.3, 0.4) is 0 Å². The lowest BCUT2D eigenvalue weighted by Crippen LogP contribution is -2.18. The standard InChI is InChI=1S/C9H5N.C7H12/c1-2-8-4-3-5-9(6-8)7-10;1-2-6-4-5-7(6)3-1/h1,3-6H;6-7H,1-5H2. The molecule has 0 spiro atoms. The summed E-state index contributed by atoms with van der Waals surface area (Å²) in [5.74, 6) is 4.84. The minimum Gasteiger partial charge on any atom is -0.192 e. The molecular weight excluding hydrogens is 206 g/mol. The van der Waals surface area contributed by atoms with Gasteiger partial charge in [-0.1, -0.05) is 31.2 Å². The predicted molar refractivity (Wildman–Crippen MR) is 69.2 cm³/mol. The van der Waals surface area contributed by atoms with Crippen molar-refractivity contribution in [3.8, 4) is 18.4 Å². The highest BCUT2D eigenvalue weighted by atomic mass is 14.4. The van der Waals surface area contributed by atoms with E-state index < -0.39 is 0 Å². The maximum atomic E-state index is 8.44. The summed E-state index contributed by atoms with van der Waals surface area (Å²) in [5.41, 5.74) is 1.36. The lowest BCUT2D eigenvalue weighted by Gasteiger charge is -2.29. The predicted octanol–water partition coefficient (Wildman–Crippen LogP) is 3.74. The van der Waals surface area contributed by atoms with Crippen molar-refractivity contribution in [2.75, 3.05) is 0 Å². The normalized spacial score (nSPS) is 24.4. The maximum Gasteiger partial charge on any atom is 0.0992 e. The topological polar surface area (TPSA) is 23.8 Å². The number of hydrogen-bond acceptors (Lipinski definition) is 1. The van der Waals surface area contributed by atoms with Gasteiger partial charge < -0.3 is 0 Å². The molecule has 2 atom stereocenters. The Balaban J connectivity index is 0.000000134. The quantitative estimate of drug-likeness (QED) is 0.615. The molecule has 0 aliphatic heterocycles. The fourth-order valence-corrected chi connectivity index (χ4v) is 2.72. The van der Waals surface area contributed by atoms with Crippen LogP contribution in [0.5, 0.6) is 0 Å². The highest BCUT2D eigenvalue weighted by Crippen LogP contribution is 2.46. The van der Waals surface area contributed by atoms with Gasteiger partial charge in [-0.05, 0) is 42.9 Å². The van der Waals surface area contributed by atoms with E-state index in [1.54, 1.807) is 49.9 Å². The molecule has 2 unspecified atom stereocenters. The summed E-state index contributed by atoms with van der Waals surface area (Å²) in [6.07, 6.45) is 12.9. The number of rotatable bonds is 0. The average molecular weight is 223 g/mol. The fraction of sp³-hybridized carbons (Fsp3) is 0.438. The van der Waals surface area contributed by atoms with E-state index in [0.29, 0.717) is 5.56 Å². The van der Waals surface area contributed by atoms with E-state index in [-0.39, 0.29) is 0 Å². The molecule has 1 aromatic carbocycles. The zero-order valence-corrected chi connectivity index (χ0v) is 10.0. The van der Waals surface area contributed by atoms with Crippen LogP contribution in [0.1, 0.15) is 43.2 Å². The van der Waals surface area contributed by atoms with Gasteiger partial charge in [0.15, 0.2) is 0 Å². The van der Waals surface area contributed by atoms with Crippen molar-refractivity contribution in [1.82, 2.24) is 0 Å². The molecule has 0 saturated heterocycles. The Hall–Kier alpha value is -1.73. The molecule has 17 heavy (non-hydrogen) atoms. The first-order valence-electron chi connectivity index (χ1n) is 6.30. The van der Waals surface area contributed by atoms with Crippen LogP contribution in [0.4, 0.5) is 0 Å². The molecule has 3 rings (SSSR count). The molecule has 2 aliphatic carbocycles. The molecule has 1 nitrogen and oxygen atoms in total. The van der Waals surface area contributed by atoms with E-state index in [0.717, 1.165) is 5.56 Å². The van der Waals surface area contributed by atoms with Crippen LogP contribution in [0.25, 0.3) is 0 Å². The summed E-state index contributed by atoms with van der Waals surface area (Å²) in [6.45, 7) is 0. The largest absolute Gasteiger partial charge is 0.192 e. The number of fused-ring (bicyclic) bond motifs is 1. The summed E-state index contributed by atoms with van der Waals surface area (Å²) >= 11 is 0. The molecule has 1 heteroatoms. The minimum absolute atomic E-state index is 0.607. The Bertz CT molecular complexity index is 422. The SMILES string of the molecule is C#Cc1cccc(C#N)c1.C1CC2CCC2C1. The van der Waals surface area contributed by atoms with Gasteiger partial charge in [-0.3, -0.25) is 0 Å². The van der Waals surface area contributed by atoms with Crippen molar-refractivity contribution in [1.29, 1.82) is 5.26 Å². The van der Waals surface area contributed by atoms with Crippen LogP contribution in [0.15, 0.2) is 24.3 Å². The van der Waals surface area contributed by atoms with Gasteiger partial charge in [0, 0.05) is 5.56 Å². The van der Waals surface area contributed by atoms with Crippen LogP contribution >= 0.6 is 0 Å². The molecule has 0 amide bonds. The van der Waals surface area contributed by atoms with Gasteiger partial charge in [0.05, 0.1) is 11.6 Å². The van der Waals surface area contributed by atoms with Crippen molar-refractivity contribution in [2.45, 2.75) is 32.1 Å². The van der Waals surface area contributed by atoms with Gasteiger partial charge in [-0.2, -0.15) is 5.26 Å². The monoisotopic (exact) mass is 223 g/mol. The van der Waals surface area contributed by atoms with Gasteiger partial charge in [0.2, 0.25) is 0 Å². The summed E-state index contributed by atoms with van der Waals surface area (Å²) in [6, 6.07) is 8.97. The Morgan fingerprint density at radius 2 is 1.71 bits per heavy atom. The van der Waals surface area contributed by atoms with E-state index in [1.165, 1.54) is 18.3 Å². The van der Waals surface area contributed by atoms with Gasteiger partial charge in [0.25, 0.3) is 0 Å². The van der Waals surface area contributed by atoms with E-state index in [9.17, 15) is 0 Å². The second kappa shape index (κ2) is 5.55. The molecule has 2 fully saturated rings. The van der Waals surface area contributed by atoms with E-state index in [1.807, 2.05) is 6.07 Å². The van der Waals surface area contributed by atoms with Crippen LogP contribution in [-0.2, 0) is 0 Å². The smallest absolute Gasteiger partial charge is 0.0992 e. The summed E-state index contributed by atoms with van der Waals surface area (Å²) in [4.78, 5) is 0. The van der Waals surface area contributed by atoms with Crippen molar-refractivity contribution < 1.29 is 0 Å². The second-order valence-corrected chi connectivity index (χ2v) is 4.87. The lowest BCUT2D eigenvalue weighted by atomic mass is 9.77. The molecule has 1 aromatic rings. The molecule has 86 valence electrons. The molecule has 0 heterocycles. The Morgan fingerprint density at radius 1 is 1.06 bits per heavy atom. The van der Waals surface area contributed by atoms with Gasteiger partial charge in [-0.15, -0.1) is 6.42 Å². The average Bonchev–Trinajstić information content (AvgIpc) is 2.69. The van der Waals surface area contributed by atoms with Crippen LogP contribution < -0.4 is 0 Å². The summed E-state index contributed by atoms with van der Waals surface area (Å²) < 4.78 is 0. The molecule has 0 bridgehead atoms. The molecule has 0 radical (unpaired) electrons. The third-order valence-corrected chi connectivity index (χ3v) is 3.88. The van der Waals surface area contributed by atoms with Crippen LogP contribution in [0.2, 0.25) is 0 Å². The number of hydrogen-bond donors (Lipinski definition) is 0. The van der Waals surface area contributed by atoms with Gasteiger partial charge in [0.1, 0.15) is 0 Å².